The Labute approximate surface area is 126 Å². The molecule has 0 spiro atoms. The molecule has 2 rings (SSSR count). The molecular formula is C15H16F3N3O. The van der Waals surface area contributed by atoms with Gasteiger partial charge in [0, 0.05) is 12.0 Å². The largest absolute Gasteiger partial charge is 0.406 e. The van der Waals surface area contributed by atoms with Gasteiger partial charge in [-0.2, -0.15) is 18.4 Å². The standard InChI is InChI=1S/C15H16F3N3O/c1-14(2)8-13(22)20-21(14)12(15(16,17)18)7-10-4-3-5-11(6-10)9-19/h3-6,12H,7-8H2,1-2H3,(H,20,22)/t12-/m0/s1. The Kier molecular flexibility index (Phi) is 4.16. The maximum absolute atomic E-state index is 13.5. The maximum atomic E-state index is 13.5. The van der Waals surface area contributed by atoms with Gasteiger partial charge in [0.15, 0.2) is 0 Å². The van der Waals surface area contributed by atoms with Crippen LogP contribution in [-0.2, 0) is 11.2 Å². The summed E-state index contributed by atoms with van der Waals surface area (Å²) in [4.78, 5) is 11.5. The van der Waals surface area contributed by atoms with Crippen LogP contribution in [0.15, 0.2) is 24.3 Å². The number of alkyl halides is 3. The predicted octanol–water partition coefficient (Wildman–Crippen LogP) is 2.55. The van der Waals surface area contributed by atoms with E-state index in [1.165, 1.54) is 12.1 Å². The highest BCUT2D eigenvalue weighted by molar-refractivity contribution is 5.78. The Morgan fingerprint density at radius 1 is 1.45 bits per heavy atom. The van der Waals surface area contributed by atoms with Gasteiger partial charge < -0.3 is 0 Å². The molecule has 1 amide bonds. The fraction of sp³-hybridized carbons (Fsp3) is 0.467. The maximum Gasteiger partial charge on any atom is 0.406 e. The fourth-order valence-electron chi connectivity index (χ4n) is 2.65. The lowest BCUT2D eigenvalue weighted by Crippen LogP contribution is -2.57. The minimum absolute atomic E-state index is 0.0117. The third kappa shape index (κ3) is 3.39. The van der Waals surface area contributed by atoms with Crippen molar-refractivity contribution in [3.8, 4) is 6.07 Å². The number of hydrazine groups is 1. The van der Waals surface area contributed by atoms with Crippen molar-refractivity contribution in [2.45, 2.75) is 44.4 Å². The topological polar surface area (TPSA) is 56.1 Å². The summed E-state index contributed by atoms with van der Waals surface area (Å²) in [7, 11) is 0. The Hall–Kier alpha value is -2.07. The van der Waals surface area contributed by atoms with Gasteiger partial charge in [0.05, 0.1) is 11.6 Å². The van der Waals surface area contributed by atoms with Gasteiger partial charge in [-0.25, -0.2) is 5.01 Å². The molecule has 1 heterocycles. The second kappa shape index (κ2) is 5.61. The average Bonchev–Trinajstić information content (AvgIpc) is 2.67. The number of carbonyl (C=O) groups is 1. The molecule has 0 aliphatic carbocycles. The summed E-state index contributed by atoms with van der Waals surface area (Å²) in [6.45, 7) is 3.19. The number of hydrogen-bond acceptors (Lipinski definition) is 3. The Bertz CT molecular complexity index is 619. The molecule has 1 saturated heterocycles. The van der Waals surface area contributed by atoms with Crippen molar-refractivity contribution in [3.05, 3.63) is 35.4 Å². The van der Waals surface area contributed by atoms with E-state index < -0.39 is 23.7 Å². The molecule has 1 aliphatic rings. The predicted molar refractivity (Wildman–Crippen MR) is 73.4 cm³/mol. The van der Waals surface area contributed by atoms with Gasteiger partial charge in [-0.1, -0.05) is 12.1 Å². The fourth-order valence-corrected chi connectivity index (χ4v) is 2.65. The van der Waals surface area contributed by atoms with Gasteiger partial charge >= 0.3 is 6.18 Å². The molecule has 1 atom stereocenters. The zero-order valence-corrected chi connectivity index (χ0v) is 12.2. The first-order chi connectivity index (χ1) is 10.1. The second-order valence-corrected chi connectivity index (χ2v) is 5.97. The Morgan fingerprint density at radius 2 is 2.14 bits per heavy atom. The number of halogens is 3. The lowest BCUT2D eigenvalue weighted by molar-refractivity contribution is -0.200. The van der Waals surface area contributed by atoms with Crippen molar-refractivity contribution >= 4 is 5.91 Å². The van der Waals surface area contributed by atoms with Crippen molar-refractivity contribution < 1.29 is 18.0 Å². The molecule has 0 unspecified atom stereocenters. The first kappa shape index (κ1) is 16.3. The first-order valence-corrected chi connectivity index (χ1v) is 6.78. The molecule has 0 saturated carbocycles. The van der Waals surface area contributed by atoms with Gasteiger partial charge in [-0.05, 0) is 38.0 Å². The average molecular weight is 311 g/mol. The summed E-state index contributed by atoms with van der Waals surface area (Å²) < 4.78 is 40.4. The third-order valence-electron chi connectivity index (χ3n) is 3.67. The molecular weight excluding hydrogens is 295 g/mol. The molecule has 1 aliphatic heterocycles. The molecule has 1 aromatic carbocycles. The van der Waals surface area contributed by atoms with Crippen LogP contribution in [0.3, 0.4) is 0 Å². The number of nitriles is 1. The van der Waals surface area contributed by atoms with Crippen LogP contribution in [0, 0.1) is 11.3 Å². The van der Waals surface area contributed by atoms with Gasteiger partial charge in [-0.15, -0.1) is 0 Å². The Morgan fingerprint density at radius 3 is 2.64 bits per heavy atom. The molecule has 1 aromatic rings. The molecule has 0 aromatic heterocycles. The number of nitrogens with one attached hydrogen (secondary N) is 1. The van der Waals surface area contributed by atoms with Crippen molar-refractivity contribution in [1.29, 1.82) is 5.26 Å². The van der Waals surface area contributed by atoms with E-state index in [4.69, 9.17) is 5.26 Å². The van der Waals surface area contributed by atoms with Crippen molar-refractivity contribution in [2.75, 3.05) is 0 Å². The summed E-state index contributed by atoms with van der Waals surface area (Å²) in [6, 6.07) is 6.13. The van der Waals surface area contributed by atoms with Crippen LogP contribution in [-0.4, -0.2) is 28.7 Å². The summed E-state index contributed by atoms with van der Waals surface area (Å²) in [5.74, 6) is -0.426. The quantitative estimate of drug-likeness (QED) is 0.933. The van der Waals surface area contributed by atoms with Gasteiger partial charge in [0.25, 0.3) is 0 Å². The molecule has 0 bridgehead atoms. The third-order valence-corrected chi connectivity index (χ3v) is 3.67. The highest BCUT2D eigenvalue weighted by Crippen LogP contribution is 2.34. The monoisotopic (exact) mass is 311 g/mol. The van der Waals surface area contributed by atoms with E-state index in [-0.39, 0.29) is 12.8 Å². The van der Waals surface area contributed by atoms with E-state index in [1.807, 2.05) is 6.07 Å². The lowest BCUT2D eigenvalue weighted by atomic mass is 9.96. The smallest absolute Gasteiger partial charge is 0.288 e. The van der Waals surface area contributed by atoms with Crippen molar-refractivity contribution in [2.24, 2.45) is 0 Å². The molecule has 4 nitrogen and oxygen atoms in total. The van der Waals surface area contributed by atoms with E-state index in [9.17, 15) is 18.0 Å². The summed E-state index contributed by atoms with van der Waals surface area (Å²) >= 11 is 0. The molecule has 1 N–H and O–H groups in total. The number of rotatable bonds is 3. The molecule has 22 heavy (non-hydrogen) atoms. The minimum Gasteiger partial charge on any atom is -0.288 e. The number of amides is 1. The van der Waals surface area contributed by atoms with Crippen molar-refractivity contribution in [1.82, 2.24) is 10.4 Å². The van der Waals surface area contributed by atoms with E-state index in [0.29, 0.717) is 11.1 Å². The summed E-state index contributed by atoms with van der Waals surface area (Å²) in [5, 5.41) is 9.83. The van der Waals surface area contributed by atoms with Crippen LogP contribution < -0.4 is 5.43 Å². The SMILES string of the molecule is CC1(C)CC(=O)NN1[C@@H](Cc1cccc(C#N)c1)C(F)(F)F. The zero-order chi connectivity index (χ0) is 16.5. The van der Waals surface area contributed by atoms with E-state index in [2.05, 4.69) is 5.43 Å². The van der Waals surface area contributed by atoms with Crippen molar-refractivity contribution in [3.63, 3.8) is 0 Å². The zero-order valence-electron chi connectivity index (χ0n) is 12.2. The van der Waals surface area contributed by atoms with Crippen LogP contribution in [0.4, 0.5) is 13.2 Å². The number of hydrogen-bond donors (Lipinski definition) is 1. The van der Waals surface area contributed by atoms with Crippen LogP contribution in [0.1, 0.15) is 31.4 Å². The Balaban J connectivity index is 2.32. The normalized spacial score (nSPS) is 19.5. The summed E-state index contributed by atoms with van der Waals surface area (Å²) in [6.07, 6.45) is -4.82. The van der Waals surface area contributed by atoms with Gasteiger partial charge in [-0.3, -0.25) is 10.2 Å². The molecule has 7 heteroatoms. The van der Waals surface area contributed by atoms with Gasteiger partial charge in [0.1, 0.15) is 6.04 Å². The van der Waals surface area contributed by atoms with Crippen LogP contribution in [0.25, 0.3) is 0 Å². The second-order valence-electron chi connectivity index (χ2n) is 5.97. The van der Waals surface area contributed by atoms with E-state index >= 15 is 0 Å². The number of nitrogens with zero attached hydrogens (tertiary/aromatic N) is 2. The van der Waals surface area contributed by atoms with E-state index in [0.717, 1.165) is 5.01 Å². The van der Waals surface area contributed by atoms with Crippen LogP contribution in [0.5, 0.6) is 0 Å². The van der Waals surface area contributed by atoms with Gasteiger partial charge in [0.2, 0.25) is 5.91 Å². The summed E-state index contributed by atoms with van der Waals surface area (Å²) in [5.41, 5.74) is 2.09. The highest BCUT2D eigenvalue weighted by atomic mass is 19.4. The van der Waals surface area contributed by atoms with E-state index in [1.54, 1.807) is 26.0 Å². The first-order valence-electron chi connectivity index (χ1n) is 6.78. The number of carbonyl (C=O) groups excluding carboxylic acids is 1. The molecule has 1 fully saturated rings. The number of benzene rings is 1. The van der Waals surface area contributed by atoms with Crippen LogP contribution in [0.2, 0.25) is 0 Å². The molecule has 0 radical (unpaired) electrons. The minimum atomic E-state index is -4.50. The lowest BCUT2D eigenvalue weighted by Gasteiger charge is -2.37. The van der Waals surface area contributed by atoms with Crippen LogP contribution >= 0.6 is 0 Å². The highest BCUT2D eigenvalue weighted by Gasteiger charge is 2.51. The molecule has 118 valence electrons.